The quantitative estimate of drug-likeness (QED) is 0.818. The van der Waals surface area contributed by atoms with Crippen LogP contribution >= 0.6 is 11.3 Å². The Kier molecular flexibility index (Phi) is 6.19. The third-order valence-electron chi connectivity index (χ3n) is 3.97. The van der Waals surface area contributed by atoms with E-state index in [9.17, 15) is 4.79 Å². The van der Waals surface area contributed by atoms with Crippen molar-refractivity contribution in [2.45, 2.75) is 27.7 Å². The number of rotatable bonds is 7. The Balaban J connectivity index is 2.20. The Morgan fingerprint density at radius 3 is 2.52 bits per heavy atom. The Morgan fingerprint density at radius 2 is 1.96 bits per heavy atom. The van der Waals surface area contributed by atoms with Gasteiger partial charge >= 0.3 is 0 Å². The van der Waals surface area contributed by atoms with Crippen LogP contribution in [0.4, 0.5) is 0 Å². The van der Waals surface area contributed by atoms with Gasteiger partial charge in [0.1, 0.15) is 15.6 Å². The highest BCUT2D eigenvalue weighted by Crippen LogP contribution is 2.30. The molecule has 6 heteroatoms. The van der Waals surface area contributed by atoms with Gasteiger partial charge in [-0.2, -0.15) is 0 Å². The number of amides is 1. The van der Waals surface area contributed by atoms with Gasteiger partial charge in [0.15, 0.2) is 0 Å². The standard InChI is InChI=1S/C19H27N3O2S/c1-6-24-15-9-7-14(8-10-15)17-21-13(2)16(25-17)18(23)22(5)12-19(3,4)11-20/h7-10H,6,11-12,20H2,1-5H3. The molecule has 1 aromatic heterocycles. The first-order valence-corrected chi connectivity index (χ1v) is 9.25. The van der Waals surface area contributed by atoms with E-state index < -0.39 is 0 Å². The molecule has 0 aliphatic rings. The monoisotopic (exact) mass is 361 g/mol. The van der Waals surface area contributed by atoms with E-state index in [0.717, 1.165) is 22.0 Å². The van der Waals surface area contributed by atoms with Crippen LogP contribution < -0.4 is 10.5 Å². The molecule has 5 nitrogen and oxygen atoms in total. The molecule has 2 rings (SSSR count). The number of thiazole rings is 1. The molecular weight excluding hydrogens is 334 g/mol. The SMILES string of the molecule is CCOc1ccc(-c2nc(C)c(C(=O)N(C)CC(C)(C)CN)s2)cc1. The van der Waals surface area contributed by atoms with E-state index in [-0.39, 0.29) is 11.3 Å². The van der Waals surface area contributed by atoms with Gasteiger partial charge in [0.05, 0.1) is 12.3 Å². The zero-order valence-electron chi connectivity index (χ0n) is 15.6. The smallest absolute Gasteiger partial charge is 0.265 e. The van der Waals surface area contributed by atoms with Gasteiger partial charge in [0.2, 0.25) is 0 Å². The molecule has 1 amide bonds. The van der Waals surface area contributed by atoms with Crippen LogP contribution in [-0.2, 0) is 0 Å². The summed E-state index contributed by atoms with van der Waals surface area (Å²) in [6, 6.07) is 7.79. The van der Waals surface area contributed by atoms with Crippen LogP contribution in [0.25, 0.3) is 10.6 Å². The van der Waals surface area contributed by atoms with Gasteiger partial charge in [-0.05, 0) is 50.1 Å². The number of hydrogen-bond donors (Lipinski definition) is 1. The fourth-order valence-electron chi connectivity index (χ4n) is 2.53. The predicted octanol–water partition coefficient (Wildman–Crippen LogP) is 3.57. The summed E-state index contributed by atoms with van der Waals surface area (Å²) in [7, 11) is 1.81. The van der Waals surface area contributed by atoms with Crippen molar-refractivity contribution in [1.29, 1.82) is 0 Å². The maximum absolute atomic E-state index is 12.8. The molecule has 0 radical (unpaired) electrons. The summed E-state index contributed by atoms with van der Waals surface area (Å²) >= 11 is 1.43. The van der Waals surface area contributed by atoms with Gasteiger partial charge in [-0.25, -0.2) is 4.98 Å². The minimum Gasteiger partial charge on any atom is -0.494 e. The van der Waals surface area contributed by atoms with Crippen molar-refractivity contribution < 1.29 is 9.53 Å². The van der Waals surface area contributed by atoms with E-state index >= 15 is 0 Å². The summed E-state index contributed by atoms with van der Waals surface area (Å²) in [5.41, 5.74) is 7.42. The zero-order chi connectivity index (χ0) is 18.6. The number of carbonyl (C=O) groups is 1. The van der Waals surface area contributed by atoms with Crippen molar-refractivity contribution in [3.05, 3.63) is 34.8 Å². The minimum absolute atomic E-state index is 0.00582. The van der Waals surface area contributed by atoms with Gasteiger partial charge < -0.3 is 15.4 Å². The largest absolute Gasteiger partial charge is 0.494 e. The van der Waals surface area contributed by atoms with E-state index in [2.05, 4.69) is 18.8 Å². The highest BCUT2D eigenvalue weighted by atomic mass is 32.1. The third-order valence-corrected chi connectivity index (χ3v) is 5.16. The van der Waals surface area contributed by atoms with Crippen molar-refractivity contribution >= 4 is 17.2 Å². The van der Waals surface area contributed by atoms with Gasteiger partial charge in [-0.3, -0.25) is 4.79 Å². The molecule has 1 heterocycles. The number of aryl methyl sites for hydroxylation is 1. The van der Waals surface area contributed by atoms with Crippen molar-refractivity contribution in [3.63, 3.8) is 0 Å². The summed E-state index contributed by atoms with van der Waals surface area (Å²) in [5.74, 6) is 0.827. The molecule has 136 valence electrons. The molecule has 25 heavy (non-hydrogen) atoms. The van der Waals surface area contributed by atoms with Gasteiger partial charge in [0, 0.05) is 19.2 Å². The third kappa shape index (κ3) is 4.80. The maximum atomic E-state index is 12.8. The van der Waals surface area contributed by atoms with E-state index in [1.54, 1.807) is 4.90 Å². The molecule has 0 aliphatic heterocycles. The number of aromatic nitrogens is 1. The molecule has 0 spiro atoms. The fraction of sp³-hybridized carbons (Fsp3) is 0.474. The van der Waals surface area contributed by atoms with Crippen LogP contribution in [0.3, 0.4) is 0 Å². The molecule has 0 saturated heterocycles. The first-order valence-electron chi connectivity index (χ1n) is 8.43. The van der Waals surface area contributed by atoms with Gasteiger partial charge in [0.25, 0.3) is 5.91 Å². The lowest BCUT2D eigenvalue weighted by Gasteiger charge is -2.28. The fourth-order valence-corrected chi connectivity index (χ4v) is 3.60. The average Bonchev–Trinajstić information content (AvgIpc) is 2.96. The second-order valence-electron chi connectivity index (χ2n) is 6.92. The lowest BCUT2D eigenvalue weighted by molar-refractivity contribution is 0.0744. The molecule has 0 atom stereocenters. The van der Waals surface area contributed by atoms with Crippen molar-refractivity contribution in [1.82, 2.24) is 9.88 Å². The Bertz CT molecular complexity index is 723. The van der Waals surface area contributed by atoms with Crippen LogP contribution in [0.1, 0.15) is 36.1 Å². The first kappa shape index (κ1) is 19.4. The summed E-state index contributed by atoms with van der Waals surface area (Å²) in [4.78, 5) is 19.8. The Labute approximate surface area is 153 Å². The second kappa shape index (κ2) is 7.97. The number of nitrogens with two attached hydrogens (primary N) is 1. The summed E-state index contributed by atoms with van der Waals surface area (Å²) in [6.07, 6.45) is 0. The molecule has 0 unspecified atom stereocenters. The highest BCUT2D eigenvalue weighted by Gasteiger charge is 2.25. The number of hydrogen-bond acceptors (Lipinski definition) is 5. The van der Waals surface area contributed by atoms with Crippen LogP contribution in [0.5, 0.6) is 5.75 Å². The summed E-state index contributed by atoms with van der Waals surface area (Å²) in [6.45, 7) is 9.73. The summed E-state index contributed by atoms with van der Waals surface area (Å²) < 4.78 is 5.46. The molecule has 2 N–H and O–H groups in total. The molecular formula is C19H27N3O2S. The van der Waals surface area contributed by atoms with E-state index in [1.165, 1.54) is 11.3 Å². The van der Waals surface area contributed by atoms with E-state index in [4.69, 9.17) is 10.5 Å². The lowest BCUT2D eigenvalue weighted by atomic mass is 9.93. The number of nitrogens with zero attached hydrogens (tertiary/aromatic N) is 2. The van der Waals surface area contributed by atoms with Crippen molar-refractivity contribution in [3.8, 4) is 16.3 Å². The number of benzene rings is 1. The minimum atomic E-state index is -0.110. The molecule has 0 bridgehead atoms. The van der Waals surface area contributed by atoms with Crippen LogP contribution in [0, 0.1) is 12.3 Å². The normalized spacial score (nSPS) is 11.4. The zero-order valence-corrected chi connectivity index (χ0v) is 16.4. The number of carbonyl (C=O) groups excluding carboxylic acids is 1. The summed E-state index contributed by atoms with van der Waals surface area (Å²) in [5, 5.41) is 0.843. The van der Waals surface area contributed by atoms with Crippen molar-refractivity contribution in [2.24, 2.45) is 11.1 Å². The Morgan fingerprint density at radius 1 is 1.32 bits per heavy atom. The lowest BCUT2D eigenvalue weighted by Crippen LogP contribution is -2.39. The predicted molar refractivity (Wildman–Crippen MR) is 103 cm³/mol. The Hall–Kier alpha value is -1.92. The maximum Gasteiger partial charge on any atom is 0.265 e. The second-order valence-corrected chi connectivity index (χ2v) is 7.92. The van der Waals surface area contributed by atoms with E-state index in [1.807, 2.05) is 45.2 Å². The van der Waals surface area contributed by atoms with Gasteiger partial charge in [-0.1, -0.05) is 13.8 Å². The topological polar surface area (TPSA) is 68.5 Å². The van der Waals surface area contributed by atoms with E-state index in [0.29, 0.717) is 24.6 Å². The molecule has 2 aromatic rings. The molecule has 0 fully saturated rings. The van der Waals surface area contributed by atoms with Crippen LogP contribution in [0.15, 0.2) is 24.3 Å². The first-order chi connectivity index (χ1) is 11.8. The number of ether oxygens (including phenoxy) is 1. The van der Waals surface area contributed by atoms with Crippen molar-refractivity contribution in [2.75, 3.05) is 26.7 Å². The highest BCUT2D eigenvalue weighted by molar-refractivity contribution is 7.17. The molecule has 0 aliphatic carbocycles. The van der Waals surface area contributed by atoms with Crippen LogP contribution in [-0.4, -0.2) is 42.5 Å². The van der Waals surface area contributed by atoms with Crippen LogP contribution in [0.2, 0.25) is 0 Å². The van der Waals surface area contributed by atoms with Gasteiger partial charge in [-0.15, -0.1) is 11.3 Å². The molecule has 0 saturated carbocycles. The average molecular weight is 362 g/mol. The molecule has 1 aromatic carbocycles.